The van der Waals surface area contributed by atoms with Gasteiger partial charge in [0.1, 0.15) is 12.1 Å². The van der Waals surface area contributed by atoms with Gasteiger partial charge in [0.25, 0.3) is 0 Å². The Morgan fingerprint density at radius 1 is 1.29 bits per heavy atom. The van der Waals surface area contributed by atoms with Crippen LogP contribution in [0, 0.1) is 17.2 Å². The summed E-state index contributed by atoms with van der Waals surface area (Å²) in [7, 11) is 0. The molecule has 0 radical (unpaired) electrons. The van der Waals surface area contributed by atoms with Crippen molar-refractivity contribution in [3.8, 4) is 6.07 Å². The van der Waals surface area contributed by atoms with Crippen LogP contribution in [0.15, 0.2) is 30.3 Å². The van der Waals surface area contributed by atoms with E-state index in [1.807, 2.05) is 0 Å². The number of carboxylic acids is 2. The molecule has 1 aromatic rings. The quantitative estimate of drug-likeness (QED) is 0.658. The second-order valence-electron chi connectivity index (χ2n) is 5.43. The number of hydrogen-bond acceptors (Lipinski definition) is 5. The molecule has 0 spiro atoms. The van der Waals surface area contributed by atoms with Crippen molar-refractivity contribution < 1.29 is 29.3 Å². The van der Waals surface area contributed by atoms with Gasteiger partial charge in [-0.2, -0.15) is 5.26 Å². The molecule has 0 saturated carbocycles. The van der Waals surface area contributed by atoms with Gasteiger partial charge in [0.2, 0.25) is 0 Å². The topological polar surface area (TPSA) is 137 Å². The van der Waals surface area contributed by atoms with Crippen LogP contribution in [0.2, 0.25) is 0 Å². The van der Waals surface area contributed by atoms with Gasteiger partial charge in [-0.05, 0) is 18.9 Å². The largest absolute Gasteiger partial charge is 0.481 e. The van der Waals surface area contributed by atoms with E-state index in [1.54, 1.807) is 36.4 Å². The van der Waals surface area contributed by atoms with Gasteiger partial charge in [0.05, 0.1) is 12.0 Å². The number of benzene rings is 1. The fourth-order valence-electron chi connectivity index (χ4n) is 2.03. The standard InChI is InChI=1S/C16H18N2O6/c1-16(14(21)22,9-12(7-8-17)13(19)20)18-15(23)24-10-11-5-3-2-4-6-11/h2-6,12H,7,9-10H2,1H3,(H,18,23)(H,19,20)(H,21,22)/t12?,16-/m0/s1. The van der Waals surface area contributed by atoms with Gasteiger partial charge in [0.15, 0.2) is 0 Å². The summed E-state index contributed by atoms with van der Waals surface area (Å²) in [4.78, 5) is 34.4. The average molecular weight is 334 g/mol. The molecule has 24 heavy (non-hydrogen) atoms. The number of rotatable bonds is 8. The Balaban J connectivity index is 2.73. The molecule has 1 rings (SSSR count). The molecule has 128 valence electrons. The molecule has 3 N–H and O–H groups in total. The van der Waals surface area contributed by atoms with Gasteiger partial charge >= 0.3 is 18.0 Å². The van der Waals surface area contributed by atoms with E-state index in [0.29, 0.717) is 0 Å². The van der Waals surface area contributed by atoms with E-state index in [4.69, 9.17) is 15.1 Å². The summed E-state index contributed by atoms with van der Waals surface area (Å²) in [6, 6.07) is 10.5. The highest BCUT2D eigenvalue weighted by Gasteiger charge is 2.40. The Bertz CT molecular complexity index is 640. The number of carboxylic acid groups (broad SMARTS) is 2. The van der Waals surface area contributed by atoms with E-state index in [-0.39, 0.29) is 13.0 Å². The van der Waals surface area contributed by atoms with Crippen LogP contribution in [-0.2, 0) is 20.9 Å². The first-order valence-corrected chi connectivity index (χ1v) is 7.10. The van der Waals surface area contributed by atoms with E-state index in [2.05, 4.69) is 5.32 Å². The van der Waals surface area contributed by atoms with Gasteiger partial charge in [0, 0.05) is 6.42 Å². The lowest BCUT2D eigenvalue weighted by molar-refractivity contribution is -0.147. The van der Waals surface area contributed by atoms with Gasteiger partial charge < -0.3 is 20.3 Å². The summed E-state index contributed by atoms with van der Waals surface area (Å²) in [5.74, 6) is -3.93. The van der Waals surface area contributed by atoms with Crippen LogP contribution in [0.1, 0.15) is 25.3 Å². The Hall–Kier alpha value is -3.08. The number of nitriles is 1. The molecule has 1 amide bonds. The third kappa shape index (κ3) is 5.61. The number of hydrogen-bond donors (Lipinski definition) is 3. The first kappa shape index (κ1) is 19.0. The molecule has 0 aliphatic carbocycles. The first-order valence-electron chi connectivity index (χ1n) is 7.10. The molecule has 0 heterocycles. The fraction of sp³-hybridized carbons (Fsp3) is 0.375. The van der Waals surface area contributed by atoms with Crippen LogP contribution in [-0.4, -0.2) is 33.8 Å². The zero-order valence-electron chi connectivity index (χ0n) is 13.1. The molecule has 0 aliphatic rings. The maximum Gasteiger partial charge on any atom is 0.408 e. The number of amides is 1. The second-order valence-corrected chi connectivity index (χ2v) is 5.43. The number of aliphatic carboxylic acids is 2. The second kappa shape index (κ2) is 8.53. The Labute approximate surface area is 138 Å². The summed E-state index contributed by atoms with van der Waals surface area (Å²) in [6.45, 7) is 1.12. The van der Waals surface area contributed by atoms with Crippen LogP contribution in [0.5, 0.6) is 0 Å². The van der Waals surface area contributed by atoms with E-state index in [1.165, 1.54) is 6.92 Å². The number of carbonyl (C=O) groups is 3. The summed E-state index contributed by atoms with van der Waals surface area (Å²) >= 11 is 0. The molecule has 0 aliphatic heterocycles. The minimum atomic E-state index is -1.87. The summed E-state index contributed by atoms with van der Waals surface area (Å²) in [5, 5.41) is 29.2. The lowest BCUT2D eigenvalue weighted by Crippen LogP contribution is -2.54. The Morgan fingerprint density at radius 2 is 1.92 bits per heavy atom. The number of nitrogens with one attached hydrogen (secondary N) is 1. The summed E-state index contributed by atoms with van der Waals surface area (Å²) < 4.78 is 4.95. The molecule has 1 aromatic carbocycles. The van der Waals surface area contributed by atoms with Gasteiger partial charge in [-0.1, -0.05) is 30.3 Å². The molecule has 2 atom stereocenters. The van der Waals surface area contributed by atoms with E-state index >= 15 is 0 Å². The maximum atomic E-state index is 11.8. The first-order chi connectivity index (χ1) is 11.3. The molecule has 0 bridgehead atoms. The predicted octanol–water partition coefficient (Wildman–Crippen LogP) is 1.76. The van der Waals surface area contributed by atoms with Crippen LogP contribution in [0.25, 0.3) is 0 Å². The molecule has 0 fully saturated rings. The van der Waals surface area contributed by atoms with Crippen molar-refractivity contribution in [3.05, 3.63) is 35.9 Å². The Kier molecular flexibility index (Phi) is 6.74. The van der Waals surface area contributed by atoms with Gasteiger partial charge in [-0.25, -0.2) is 9.59 Å². The number of alkyl carbamates (subject to hydrolysis) is 1. The predicted molar refractivity (Wildman–Crippen MR) is 81.8 cm³/mol. The highest BCUT2D eigenvalue weighted by Crippen LogP contribution is 2.21. The number of ether oxygens (including phenoxy) is 1. The molecule has 1 unspecified atom stereocenters. The van der Waals surface area contributed by atoms with Crippen molar-refractivity contribution in [3.63, 3.8) is 0 Å². The average Bonchev–Trinajstić information content (AvgIpc) is 2.53. The van der Waals surface area contributed by atoms with Crippen molar-refractivity contribution in [2.75, 3.05) is 0 Å². The molecule has 0 saturated heterocycles. The van der Waals surface area contributed by atoms with Crippen LogP contribution in [0.3, 0.4) is 0 Å². The molecule has 8 nitrogen and oxygen atoms in total. The summed E-state index contributed by atoms with van der Waals surface area (Å²) in [5.41, 5.74) is -1.15. The maximum absolute atomic E-state index is 11.8. The van der Waals surface area contributed by atoms with Crippen molar-refractivity contribution >= 4 is 18.0 Å². The van der Waals surface area contributed by atoms with Crippen molar-refractivity contribution in [2.45, 2.75) is 31.9 Å². The van der Waals surface area contributed by atoms with Crippen molar-refractivity contribution in [2.24, 2.45) is 5.92 Å². The van der Waals surface area contributed by atoms with Gasteiger partial charge in [-0.3, -0.25) is 4.79 Å². The Morgan fingerprint density at radius 3 is 2.42 bits per heavy atom. The molecule has 8 heteroatoms. The zero-order chi connectivity index (χ0) is 18.2. The third-order valence-electron chi connectivity index (χ3n) is 3.40. The smallest absolute Gasteiger partial charge is 0.408 e. The monoisotopic (exact) mass is 334 g/mol. The van der Waals surface area contributed by atoms with E-state index in [0.717, 1.165) is 5.56 Å². The minimum Gasteiger partial charge on any atom is -0.481 e. The third-order valence-corrected chi connectivity index (χ3v) is 3.40. The minimum absolute atomic E-state index is 0.0527. The number of nitrogens with zero attached hydrogens (tertiary/aromatic N) is 1. The van der Waals surface area contributed by atoms with Crippen molar-refractivity contribution in [1.29, 1.82) is 5.26 Å². The molecular formula is C16H18N2O6. The highest BCUT2D eigenvalue weighted by molar-refractivity contribution is 5.85. The molecule has 0 aromatic heterocycles. The molecular weight excluding hydrogens is 316 g/mol. The zero-order valence-corrected chi connectivity index (χ0v) is 13.1. The van der Waals surface area contributed by atoms with Gasteiger partial charge in [-0.15, -0.1) is 0 Å². The van der Waals surface area contributed by atoms with Crippen LogP contribution < -0.4 is 5.32 Å². The van der Waals surface area contributed by atoms with E-state index < -0.39 is 35.9 Å². The highest BCUT2D eigenvalue weighted by atomic mass is 16.5. The van der Waals surface area contributed by atoms with E-state index in [9.17, 15) is 19.5 Å². The fourth-order valence-corrected chi connectivity index (χ4v) is 2.03. The van der Waals surface area contributed by atoms with Crippen LogP contribution in [0.4, 0.5) is 4.79 Å². The van der Waals surface area contributed by atoms with Crippen molar-refractivity contribution in [1.82, 2.24) is 5.32 Å². The number of carbonyl (C=O) groups excluding carboxylic acids is 1. The van der Waals surface area contributed by atoms with Crippen LogP contribution >= 0.6 is 0 Å². The SMILES string of the molecule is C[C@@](CC(CC#N)C(=O)O)(NC(=O)OCc1ccccc1)C(=O)O. The lowest BCUT2D eigenvalue weighted by atomic mass is 9.87. The lowest BCUT2D eigenvalue weighted by Gasteiger charge is -2.27. The summed E-state index contributed by atoms with van der Waals surface area (Å²) in [6.07, 6.45) is -1.78. The normalized spacial score (nSPS) is 13.8.